The fourth-order valence-corrected chi connectivity index (χ4v) is 5.66. The van der Waals surface area contributed by atoms with E-state index in [2.05, 4.69) is 23.6 Å². The summed E-state index contributed by atoms with van der Waals surface area (Å²) in [6, 6.07) is 11.5. The van der Waals surface area contributed by atoms with Crippen LogP contribution in [0.5, 0.6) is 0 Å². The van der Waals surface area contributed by atoms with E-state index in [0.717, 1.165) is 12.8 Å². The standard InChI is InChI=1S/C24H27N3O4S/c1-4-14(2)11-12-24(3)17-8-6-5-7-16(17)21(28)20(22(24)29)23-26-18-10-9-15(25)13-19(18)32(30,31)27-23/h5-10,13-14,20H,4,11-12,25H2,1-3H3,(H,26,27)/t14-,20?,24?/m0/s1. The molecule has 1 aliphatic carbocycles. The van der Waals surface area contributed by atoms with Crippen LogP contribution in [0.1, 0.15) is 56.0 Å². The molecule has 0 saturated carbocycles. The maximum atomic E-state index is 13.8. The second kappa shape index (κ2) is 7.85. The predicted octanol–water partition coefficient (Wildman–Crippen LogP) is 3.95. The number of nitrogens with two attached hydrogens (primary N) is 1. The van der Waals surface area contributed by atoms with Gasteiger partial charge >= 0.3 is 0 Å². The van der Waals surface area contributed by atoms with Crippen molar-refractivity contribution in [3.63, 3.8) is 0 Å². The number of anilines is 2. The number of carbonyl (C=O) groups excluding carboxylic acids is 2. The van der Waals surface area contributed by atoms with Crippen molar-refractivity contribution in [3.8, 4) is 0 Å². The first-order valence-corrected chi connectivity index (χ1v) is 12.2. The van der Waals surface area contributed by atoms with E-state index in [9.17, 15) is 18.0 Å². The third-order valence-electron chi connectivity index (χ3n) is 6.73. The number of rotatable bonds is 5. The number of Topliss-reactive ketones (excluding diaryl/α,β-unsaturated/α-hetero) is 2. The van der Waals surface area contributed by atoms with Gasteiger partial charge in [-0.15, -0.1) is 4.40 Å². The van der Waals surface area contributed by atoms with Crippen LogP contribution in [0.4, 0.5) is 11.4 Å². The fraction of sp³-hybridized carbons (Fsp3) is 0.375. The van der Waals surface area contributed by atoms with Crippen LogP contribution in [0.25, 0.3) is 0 Å². The van der Waals surface area contributed by atoms with Crippen LogP contribution < -0.4 is 11.1 Å². The van der Waals surface area contributed by atoms with Crippen LogP contribution in [0, 0.1) is 11.8 Å². The Morgan fingerprint density at radius 1 is 1.19 bits per heavy atom. The third kappa shape index (κ3) is 3.52. The lowest BCUT2D eigenvalue weighted by Crippen LogP contribution is -2.51. The smallest absolute Gasteiger partial charge is 0.286 e. The lowest BCUT2D eigenvalue weighted by Gasteiger charge is -2.39. The number of nitrogen functional groups attached to an aromatic ring is 1. The minimum atomic E-state index is -4.11. The zero-order valence-electron chi connectivity index (χ0n) is 18.4. The fourth-order valence-electron chi connectivity index (χ4n) is 4.47. The highest BCUT2D eigenvalue weighted by Gasteiger charge is 2.51. The van der Waals surface area contributed by atoms with Crippen molar-refractivity contribution in [1.82, 2.24) is 0 Å². The zero-order chi connectivity index (χ0) is 23.3. The molecular weight excluding hydrogens is 426 g/mol. The summed E-state index contributed by atoms with van der Waals surface area (Å²) in [7, 11) is -4.11. The van der Waals surface area contributed by atoms with Crippen LogP contribution in [0.3, 0.4) is 0 Å². The Bertz CT molecular complexity index is 1250. The minimum absolute atomic E-state index is 0.0723. The van der Waals surface area contributed by atoms with Gasteiger partial charge in [-0.05, 0) is 49.4 Å². The highest BCUT2D eigenvalue weighted by molar-refractivity contribution is 7.90. The van der Waals surface area contributed by atoms with Crippen LogP contribution in [-0.4, -0.2) is 25.8 Å². The van der Waals surface area contributed by atoms with Crippen molar-refractivity contribution in [2.24, 2.45) is 16.2 Å². The molecule has 2 aromatic rings. The van der Waals surface area contributed by atoms with E-state index in [-0.39, 0.29) is 27.9 Å². The quantitative estimate of drug-likeness (QED) is 0.523. The number of sulfonamides is 1. The van der Waals surface area contributed by atoms with Gasteiger partial charge in [0.1, 0.15) is 16.6 Å². The van der Waals surface area contributed by atoms with E-state index in [1.165, 1.54) is 12.1 Å². The molecule has 8 heteroatoms. The molecule has 3 N–H and O–H groups in total. The van der Waals surface area contributed by atoms with Gasteiger partial charge < -0.3 is 11.1 Å². The Hall–Kier alpha value is -3.00. The molecule has 1 aliphatic heterocycles. The summed E-state index contributed by atoms with van der Waals surface area (Å²) in [6.45, 7) is 6.08. The lowest BCUT2D eigenvalue weighted by atomic mass is 9.63. The molecule has 0 saturated heterocycles. The Balaban J connectivity index is 1.82. The number of hydrogen-bond donors (Lipinski definition) is 2. The van der Waals surface area contributed by atoms with Crippen LogP contribution in [0.15, 0.2) is 51.8 Å². The SMILES string of the molecule is CC[C@H](C)CCC1(C)C(=O)C(C2=NS(=O)(=O)c3cc(N)ccc3N2)C(=O)c2ccccc21. The first-order valence-electron chi connectivity index (χ1n) is 10.8. The Morgan fingerprint density at radius 2 is 1.91 bits per heavy atom. The van der Waals surface area contributed by atoms with E-state index in [4.69, 9.17) is 5.73 Å². The molecule has 0 amide bonds. The van der Waals surface area contributed by atoms with Gasteiger partial charge in [-0.3, -0.25) is 9.59 Å². The normalized spacial score (nSPS) is 24.7. The molecule has 0 spiro atoms. The second-order valence-electron chi connectivity index (χ2n) is 8.92. The third-order valence-corrected chi connectivity index (χ3v) is 8.06. The molecule has 7 nitrogen and oxygen atoms in total. The summed E-state index contributed by atoms with van der Waals surface area (Å²) in [5.74, 6) is -1.81. The minimum Gasteiger partial charge on any atom is -0.399 e. The van der Waals surface area contributed by atoms with E-state index in [0.29, 0.717) is 23.5 Å². The monoisotopic (exact) mass is 453 g/mol. The Labute approximate surface area is 188 Å². The molecule has 1 heterocycles. The highest BCUT2D eigenvalue weighted by Crippen LogP contribution is 2.43. The van der Waals surface area contributed by atoms with Crippen LogP contribution in [-0.2, 0) is 20.2 Å². The van der Waals surface area contributed by atoms with Crippen molar-refractivity contribution in [3.05, 3.63) is 53.6 Å². The summed E-state index contributed by atoms with van der Waals surface area (Å²) in [6.07, 6.45) is 2.36. The van der Waals surface area contributed by atoms with Crippen molar-refractivity contribution in [2.45, 2.75) is 50.3 Å². The molecule has 2 aromatic carbocycles. The molecule has 4 rings (SSSR count). The van der Waals surface area contributed by atoms with Crippen molar-refractivity contribution in [2.75, 3.05) is 11.1 Å². The van der Waals surface area contributed by atoms with Gasteiger partial charge in [0.25, 0.3) is 10.0 Å². The number of nitrogens with one attached hydrogen (secondary N) is 1. The van der Waals surface area contributed by atoms with Crippen LogP contribution in [0.2, 0.25) is 0 Å². The van der Waals surface area contributed by atoms with Crippen molar-refractivity contribution < 1.29 is 18.0 Å². The van der Waals surface area contributed by atoms with Gasteiger partial charge in [-0.1, -0.05) is 44.5 Å². The molecule has 0 radical (unpaired) electrons. The molecule has 0 fully saturated rings. The van der Waals surface area contributed by atoms with Gasteiger partial charge in [-0.25, -0.2) is 0 Å². The van der Waals surface area contributed by atoms with Gasteiger partial charge in [0.2, 0.25) is 0 Å². The molecule has 0 aromatic heterocycles. The van der Waals surface area contributed by atoms with Gasteiger partial charge in [0.15, 0.2) is 11.6 Å². The zero-order valence-corrected chi connectivity index (χ0v) is 19.2. The molecular formula is C24H27N3O4S. The molecule has 3 atom stereocenters. The molecule has 168 valence electrons. The Kier molecular flexibility index (Phi) is 5.45. The summed E-state index contributed by atoms with van der Waals surface area (Å²) < 4.78 is 29.5. The summed E-state index contributed by atoms with van der Waals surface area (Å²) >= 11 is 0. The first-order chi connectivity index (χ1) is 15.1. The van der Waals surface area contributed by atoms with E-state index in [1.807, 2.05) is 19.1 Å². The summed E-state index contributed by atoms with van der Waals surface area (Å²) in [5, 5.41) is 2.93. The average Bonchev–Trinajstić information content (AvgIpc) is 2.76. The maximum Gasteiger partial charge on any atom is 0.286 e. The van der Waals surface area contributed by atoms with Crippen molar-refractivity contribution in [1.29, 1.82) is 0 Å². The van der Waals surface area contributed by atoms with E-state index in [1.54, 1.807) is 18.2 Å². The lowest BCUT2D eigenvalue weighted by molar-refractivity contribution is -0.125. The van der Waals surface area contributed by atoms with Gasteiger partial charge in [-0.2, -0.15) is 8.42 Å². The van der Waals surface area contributed by atoms with Crippen molar-refractivity contribution >= 4 is 38.8 Å². The predicted molar refractivity (Wildman–Crippen MR) is 124 cm³/mol. The molecule has 0 bridgehead atoms. The van der Waals surface area contributed by atoms with Crippen LogP contribution >= 0.6 is 0 Å². The number of fused-ring (bicyclic) bond motifs is 2. The maximum absolute atomic E-state index is 13.8. The summed E-state index contributed by atoms with van der Waals surface area (Å²) in [5.41, 5.74) is 6.48. The molecule has 2 unspecified atom stereocenters. The number of hydrogen-bond acceptors (Lipinski definition) is 6. The van der Waals surface area contributed by atoms with Gasteiger partial charge in [0, 0.05) is 11.3 Å². The Morgan fingerprint density at radius 3 is 2.62 bits per heavy atom. The highest BCUT2D eigenvalue weighted by atomic mass is 32.2. The topological polar surface area (TPSA) is 119 Å². The van der Waals surface area contributed by atoms with Gasteiger partial charge in [0.05, 0.1) is 11.1 Å². The summed E-state index contributed by atoms with van der Waals surface area (Å²) in [4.78, 5) is 27.2. The number of ketones is 2. The number of amidine groups is 1. The number of nitrogens with zero attached hydrogens (tertiary/aromatic N) is 1. The average molecular weight is 454 g/mol. The van der Waals surface area contributed by atoms with E-state index < -0.39 is 27.1 Å². The molecule has 2 aliphatic rings. The second-order valence-corrected chi connectivity index (χ2v) is 10.5. The van der Waals surface area contributed by atoms with E-state index >= 15 is 0 Å². The number of carbonyl (C=O) groups is 2. The molecule has 32 heavy (non-hydrogen) atoms. The first kappa shape index (κ1) is 22.2. The number of benzene rings is 2. The largest absolute Gasteiger partial charge is 0.399 e.